The zero-order chi connectivity index (χ0) is 16.9. The number of hydrogen-bond acceptors (Lipinski definition) is 4. The smallest absolute Gasteiger partial charge is 0.253 e. The Labute approximate surface area is 149 Å². The molecule has 0 bridgehead atoms. The van der Waals surface area contributed by atoms with Crippen LogP contribution in [-0.4, -0.2) is 23.0 Å². The van der Waals surface area contributed by atoms with Crippen molar-refractivity contribution >= 4 is 21.8 Å². The van der Waals surface area contributed by atoms with Gasteiger partial charge in [-0.05, 0) is 49.9 Å². The van der Waals surface area contributed by atoms with Crippen molar-refractivity contribution in [2.75, 3.05) is 0 Å². The van der Waals surface area contributed by atoms with Crippen LogP contribution in [0.15, 0.2) is 47.1 Å². The van der Waals surface area contributed by atoms with Crippen LogP contribution in [0.1, 0.15) is 36.0 Å². The van der Waals surface area contributed by atoms with Gasteiger partial charge < -0.3 is 15.8 Å². The Hall–Kier alpha value is -1.92. The molecular formula is C18H20BrN3O2. The number of ether oxygens (including phenoxy) is 1. The standard InChI is InChI=1S/C18H20BrN3O2/c19-13-2-1-3-16(10-13)24-17-9-4-12(11-21-17)18(23)22-15-7-5-14(20)6-8-15/h1-4,9-11,14-15H,5-8,20H2,(H,22,23). The molecule has 0 atom stereocenters. The summed E-state index contributed by atoms with van der Waals surface area (Å²) in [6, 6.07) is 11.4. The van der Waals surface area contributed by atoms with Crippen LogP contribution in [0.2, 0.25) is 0 Å². The van der Waals surface area contributed by atoms with Crippen LogP contribution < -0.4 is 15.8 Å². The Bertz CT molecular complexity index is 698. The number of hydrogen-bond donors (Lipinski definition) is 2. The molecule has 1 fully saturated rings. The molecule has 1 amide bonds. The fourth-order valence-electron chi connectivity index (χ4n) is 2.76. The lowest BCUT2D eigenvalue weighted by molar-refractivity contribution is 0.0925. The third kappa shape index (κ3) is 4.55. The molecule has 1 heterocycles. The van der Waals surface area contributed by atoms with Gasteiger partial charge >= 0.3 is 0 Å². The highest BCUT2D eigenvalue weighted by atomic mass is 79.9. The van der Waals surface area contributed by atoms with Crippen molar-refractivity contribution in [3.05, 3.63) is 52.6 Å². The number of rotatable bonds is 4. The van der Waals surface area contributed by atoms with Crippen molar-refractivity contribution in [3.8, 4) is 11.6 Å². The molecule has 126 valence electrons. The topological polar surface area (TPSA) is 77.2 Å². The van der Waals surface area contributed by atoms with Crippen molar-refractivity contribution in [2.24, 2.45) is 5.73 Å². The van der Waals surface area contributed by atoms with Crippen molar-refractivity contribution in [2.45, 2.75) is 37.8 Å². The number of nitrogens with two attached hydrogens (primary N) is 1. The fourth-order valence-corrected chi connectivity index (χ4v) is 3.14. The van der Waals surface area contributed by atoms with E-state index in [-0.39, 0.29) is 18.0 Å². The Morgan fingerprint density at radius 2 is 2.00 bits per heavy atom. The normalized spacial score (nSPS) is 20.4. The second kappa shape index (κ2) is 7.77. The molecule has 2 aromatic rings. The Kier molecular flexibility index (Phi) is 5.48. The summed E-state index contributed by atoms with van der Waals surface area (Å²) in [5, 5.41) is 3.05. The number of carbonyl (C=O) groups excluding carboxylic acids is 1. The highest BCUT2D eigenvalue weighted by Crippen LogP contribution is 2.23. The number of nitrogens with one attached hydrogen (secondary N) is 1. The first kappa shape index (κ1) is 16.9. The number of carbonyl (C=O) groups is 1. The van der Waals surface area contributed by atoms with Crippen molar-refractivity contribution in [1.29, 1.82) is 0 Å². The van der Waals surface area contributed by atoms with Crippen LogP contribution in [0.5, 0.6) is 11.6 Å². The van der Waals surface area contributed by atoms with Crippen molar-refractivity contribution < 1.29 is 9.53 Å². The van der Waals surface area contributed by atoms with E-state index in [4.69, 9.17) is 10.5 Å². The van der Waals surface area contributed by atoms with Gasteiger partial charge in [-0.2, -0.15) is 0 Å². The second-order valence-corrected chi connectivity index (χ2v) is 6.95. The van der Waals surface area contributed by atoms with E-state index in [9.17, 15) is 4.79 Å². The SMILES string of the molecule is NC1CCC(NC(=O)c2ccc(Oc3cccc(Br)c3)nc2)CC1. The maximum absolute atomic E-state index is 12.3. The molecule has 1 aromatic carbocycles. The van der Waals surface area contributed by atoms with E-state index < -0.39 is 0 Å². The number of pyridine rings is 1. The summed E-state index contributed by atoms with van der Waals surface area (Å²) in [5.74, 6) is 1.04. The minimum Gasteiger partial charge on any atom is -0.439 e. The molecule has 1 aromatic heterocycles. The summed E-state index contributed by atoms with van der Waals surface area (Å²) in [5.41, 5.74) is 6.42. The van der Waals surface area contributed by atoms with Gasteiger partial charge in [0.1, 0.15) is 5.75 Å². The Morgan fingerprint density at radius 1 is 1.21 bits per heavy atom. The van der Waals surface area contributed by atoms with Gasteiger partial charge in [0.15, 0.2) is 0 Å². The lowest BCUT2D eigenvalue weighted by atomic mass is 9.92. The second-order valence-electron chi connectivity index (χ2n) is 6.03. The van der Waals surface area contributed by atoms with Crippen LogP contribution >= 0.6 is 15.9 Å². The van der Waals surface area contributed by atoms with Crippen molar-refractivity contribution in [3.63, 3.8) is 0 Å². The van der Waals surface area contributed by atoms with Crippen LogP contribution in [-0.2, 0) is 0 Å². The first-order valence-electron chi connectivity index (χ1n) is 8.06. The van der Waals surface area contributed by atoms with Crippen LogP contribution in [0.4, 0.5) is 0 Å². The molecule has 5 nitrogen and oxygen atoms in total. The van der Waals surface area contributed by atoms with Gasteiger partial charge in [-0.15, -0.1) is 0 Å². The monoisotopic (exact) mass is 389 g/mol. The summed E-state index contributed by atoms with van der Waals surface area (Å²) in [7, 11) is 0. The van der Waals surface area contributed by atoms with Gasteiger partial charge in [0.25, 0.3) is 5.91 Å². The molecule has 0 unspecified atom stereocenters. The minimum absolute atomic E-state index is 0.100. The van der Waals surface area contributed by atoms with Gasteiger partial charge in [-0.3, -0.25) is 4.79 Å². The number of aromatic nitrogens is 1. The highest BCUT2D eigenvalue weighted by molar-refractivity contribution is 9.10. The zero-order valence-electron chi connectivity index (χ0n) is 13.2. The Balaban J connectivity index is 1.58. The van der Waals surface area contributed by atoms with E-state index in [1.807, 2.05) is 24.3 Å². The molecule has 0 radical (unpaired) electrons. The molecule has 0 saturated heterocycles. The summed E-state index contributed by atoms with van der Waals surface area (Å²) < 4.78 is 6.60. The van der Waals surface area contributed by atoms with E-state index in [2.05, 4.69) is 26.2 Å². The van der Waals surface area contributed by atoms with Gasteiger partial charge in [0, 0.05) is 28.8 Å². The molecule has 24 heavy (non-hydrogen) atoms. The van der Waals surface area contributed by atoms with E-state index in [1.54, 1.807) is 12.1 Å². The third-order valence-corrected chi connectivity index (χ3v) is 4.62. The summed E-state index contributed by atoms with van der Waals surface area (Å²) in [6.45, 7) is 0. The maximum atomic E-state index is 12.3. The molecule has 6 heteroatoms. The molecule has 3 rings (SSSR count). The van der Waals surface area contributed by atoms with Gasteiger partial charge in [0.2, 0.25) is 5.88 Å². The van der Waals surface area contributed by atoms with E-state index >= 15 is 0 Å². The zero-order valence-corrected chi connectivity index (χ0v) is 14.8. The molecule has 1 aliphatic rings. The summed E-state index contributed by atoms with van der Waals surface area (Å²) in [6.07, 6.45) is 5.33. The van der Waals surface area contributed by atoms with Crippen molar-refractivity contribution in [1.82, 2.24) is 10.3 Å². The largest absolute Gasteiger partial charge is 0.439 e. The van der Waals surface area contributed by atoms with Gasteiger partial charge in [-0.25, -0.2) is 4.98 Å². The Morgan fingerprint density at radius 3 is 2.67 bits per heavy atom. The van der Waals surface area contributed by atoms with Gasteiger partial charge in [-0.1, -0.05) is 22.0 Å². The number of nitrogens with zero attached hydrogens (tertiary/aromatic N) is 1. The van der Waals surface area contributed by atoms with Crippen LogP contribution in [0.3, 0.4) is 0 Å². The number of benzene rings is 1. The average molecular weight is 390 g/mol. The number of amides is 1. The average Bonchev–Trinajstić information content (AvgIpc) is 2.57. The van der Waals surface area contributed by atoms with E-state index in [1.165, 1.54) is 6.20 Å². The fraction of sp³-hybridized carbons (Fsp3) is 0.333. The molecular weight excluding hydrogens is 370 g/mol. The molecule has 0 spiro atoms. The molecule has 1 saturated carbocycles. The first-order chi connectivity index (χ1) is 11.6. The van der Waals surface area contributed by atoms with Crippen LogP contribution in [0.25, 0.3) is 0 Å². The number of halogens is 1. The lowest BCUT2D eigenvalue weighted by Gasteiger charge is -2.26. The minimum atomic E-state index is -0.100. The van der Waals surface area contributed by atoms with Gasteiger partial charge in [0.05, 0.1) is 5.56 Å². The quantitative estimate of drug-likeness (QED) is 0.836. The first-order valence-corrected chi connectivity index (χ1v) is 8.85. The molecule has 3 N–H and O–H groups in total. The van der Waals surface area contributed by atoms with E-state index in [0.717, 1.165) is 30.2 Å². The molecule has 0 aliphatic heterocycles. The van der Waals surface area contributed by atoms with Crippen LogP contribution in [0, 0.1) is 0 Å². The maximum Gasteiger partial charge on any atom is 0.253 e. The third-order valence-electron chi connectivity index (χ3n) is 4.12. The molecule has 1 aliphatic carbocycles. The predicted octanol–water partition coefficient (Wildman–Crippen LogP) is 3.64. The highest BCUT2D eigenvalue weighted by Gasteiger charge is 2.20. The summed E-state index contributed by atoms with van der Waals surface area (Å²) in [4.78, 5) is 16.5. The lowest BCUT2D eigenvalue weighted by Crippen LogP contribution is -2.40. The van der Waals surface area contributed by atoms with E-state index in [0.29, 0.717) is 17.2 Å². The predicted molar refractivity (Wildman–Crippen MR) is 96.2 cm³/mol. The summed E-state index contributed by atoms with van der Waals surface area (Å²) >= 11 is 3.40.